The first kappa shape index (κ1) is 13.2. The SMILES string of the molecule is COc1cc(N)cc(CN2C(C)CCCC2C)c1. The van der Waals surface area contributed by atoms with E-state index in [1.807, 2.05) is 6.07 Å². The minimum Gasteiger partial charge on any atom is -0.497 e. The molecule has 3 nitrogen and oxygen atoms in total. The maximum Gasteiger partial charge on any atom is 0.121 e. The lowest BCUT2D eigenvalue weighted by Gasteiger charge is -2.39. The second-order valence-corrected chi connectivity index (χ2v) is 5.42. The highest BCUT2D eigenvalue weighted by atomic mass is 16.5. The number of ether oxygens (including phenoxy) is 1. The second-order valence-electron chi connectivity index (χ2n) is 5.42. The first-order valence-corrected chi connectivity index (χ1v) is 6.79. The molecule has 1 heterocycles. The van der Waals surface area contributed by atoms with Gasteiger partial charge in [0.2, 0.25) is 0 Å². The van der Waals surface area contributed by atoms with Crippen LogP contribution >= 0.6 is 0 Å². The number of methoxy groups -OCH3 is 1. The normalized spacial score (nSPS) is 25.1. The Balaban J connectivity index is 2.14. The Bertz CT molecular complexity index is 395. The summed E-state index contributed by atoms with van der Waals surface area (Å²) in [7, 11) is 1.69. The first-order valence-electron chi connectivity index (χ1n) is 6.79. The molecule has 0 saturated carbocycles. The standard InChI is InChI=1S/C15H24N2O/c1-11-5-4-6-12(2)17(11)10-13-7-14(16)9-15(8-13)18-3/h7-9,11-12H,4-6,10,16H2,1-3H3. The molecule has 0 aromatic heterocycles. The Labute approximate surface area is 110 Å². The van der Waals surface area contributed by atoms with Gasteiger partial charge in [0.1, 0.15) is 5.75 Å². The molecule has 1 aliphatic rings. The predicted octanol–water partition coefficient (Wildman–Crippen LogP) is 3.04. The van der Waals surface area contributed by atoms with Gasteiger partial charge in [0, 0.05) is 30.4 Å². The van der Waals surface area contributed by atoms with Crippen molar-refractivity contribution in [3.63, 3.8) is 0 Å². The number of nitrogen functional groups attached to an aromatic ring is 1. The van der Waals surface area contributed by atoms with Gasteiger partial charge >= 0.3 is 0 Å². The van der Waals surface area contributed by atoms with Crippen LogP contribution in [0, 0.1) is 0 Å². The van der Waals surface area contributed by atoms with Crippen LogP contribution in [0.15, 0.2) is 18.2 Å². The molecule has 1 aliphatic heterocycles. The number of likely N-dealkylation sites (tertiary alicyclic amines) is 1. The van der Waals surface area contributed by atoms with Gasteiger partial charge in [-0.05, 0) is 44.4 Å². The van der Waals surface area contributed by atoms with Gasteiger partial charge in [0.15, 0.2) is 0 Å². The fraction of sp³-hybridized carbons (Fsp3) is 0.600. The van der Waals surface area contributed by atoms with Crippen LogP contribution in [0.2, 0.25) is 0 Å². The van der Waals surface area contributed by atoms with Gasteiger partial charge in [-0.25, -0.2) is 0 Å². The van der Waals surface area contributed by atoms with E-state index in [1.165, 1.54) is 24.8 Å². The molecule has 0 amide bonds. The molecule has 1 fully saturated rings. The molecule has 2 atom stereocenters. The van der Waals surface area contributed by atoms with Crippen molar-refractivity contribution in [1.82, 2.24) is 4.90 Å². The molecular formula is C15H24N2O. The summed E-state index contributed by atoms with van der Waals surface area (Å²) in [5.74, 6) is 0.849. The van der Waals surface area contributed by atoms with Crippen molar-refractivity contribution in [3.05, 3.63) is 23.8 Å². The summed E-state index contributed by atoms with van der Waals surface area (Å²) in [5, 5.41) is 0. The van der Waals surface area contributed by atoms with Crippen molar-refractivity contribution in [2.24, 2.45) is 0 Å². The zero-order valence-electron chi connectivity index (χ0n) is 11.6. The average Bonchev–Trinajstić information content (AvgIpc) is 2.33. The Morgan fingerprint density at radius 2 is 1.89 bits per heavy atom. The van der Waals surface area contributed by atoms with Gasteiger partial charge in [-0.15, -0.1) is 0 Å². The molecule has 0 radical (unpaired) electrons. The zero-order chi connectivity index (χ0) is 13.1. The van der Waals surface area contributed by atoms with Crippen molar-refractivity contribution in [1.29, 1.82) is 0 Å². The van der Waals surface area contributed by atoms with Crippen molar-refractivity contribution >= 4 is 5.69 Å². The number of nitrogens with two attached hydrogens (primary N) is 1. The van der Waals surface area contributed by atoms with Crippen LogP contribution in [0.3, 0.4) is 0 Å². The van der Waals surface area contributed by atoms with Gasteiger partial charge < -0.3 is 10.5 Å². The third kappa shape index (κ3) is 2.96. The molecule has 0 aliphatic carbocycles. The molecule has 1 aromatic rings. The number of anilines is 1. The highest BCUT2D eigenvalue weighted by molar-refractivity contribution is 5.47. The molecule has 3 heteroatoms. The minimum absolute atomic E-state index is 0.654. The van der Waals surface area contributed by atoms with Gasteiger partial charge in [0.25, 0.3) is 0 Å². The molecule has 100 valence electrons. The smallest absolute Gasteiger partial charge is 0.121 e. The van der Waals surface area contributed by atoms with Crippen LogP contribution in [0.25, 0.3) is 0 Å². The fourth-order valence-corrected chi connectivity index (χ4v) is 2.89. The Kier molecular flexibility index (Phi) is 4.12. The first-order chi connectivity index (χ1) is 8.60. The van der Waals surface area contributed by atoms with Crippen LogP contribution in [0.5, 0.6) is 5.75 Å². The molecule has 2 unspecified atom stereocenters. The van der Waals surface area contributed by atoms with Crippen molar-refractivity contribution in [2.75, 3.05) is 12.8 Å². The molecule has 2 N–H and O–H groups in total. The number of rotatable bonds is 3. The second kappa shape index (κ2) is 5.61. The van der Waals surface area contributed by atoms with E-state index in [1.54, 1.807) is 7.11 Å². The van der Waals surface area contributed by atoms with Crippen LogP contribution < -0.4 is 10.5 Å². The Hall–Kier alpha value is -1.22. The Morgan fingerprint density at radius 3 is 2.50 bits per heavy atom. The van der Waals surface area contributed by atoms with Crippen LogP contribution in [0.4, 0.5) is 5.69 Å². The number of nitrogens with zero attached hydrogens (tertiary/aromatic N) is 1. The van der Waals surface area contributed by atoms with E-state index in [-0.39, 0.29) is 0 Å². The number of hydrogen-bond acceptors (Lipinski definition) is 3. The monoisotopic (exact) mass is 248 g/mol. The van der Waals surface area contributed by atoms with E-state index in [4.69, 9.17) is 10.5 Å². The maximum absolute atomic E-state index is 5.91. The predicted molar refractivity (Wildman–Crippen MR) is 75.7 cm³/mol. The van der Waals surface area contributed by atoms with E-state index in [0.29, 0.717) is 12.1 Å². The summed E-state index contributed by atoms with van der Waals surface area (Å²) in [4.78, 5) is 2.57. The largest absolute Gasteiger partial charge is 0.497 e. The molecule has 1 aromatic carbocycles. The van der Waals surface area contributed by atoms with Crippen LogP contribution in [-0.2, 0) is 6.54 Å². The van der Waals surface area contributed by atoms with Gasteiger partial charge in [-0.1, -0.05) is 6.42 Å². The van der Waals surface area contributed by atoms with Gasteiger partial charge in [-0.3, -0.25) is 4.90 Å². The third-order valence-corrected chi connectivity index (χ3v) is 3.97. The quantitative estimate of drug-likeness (QED) is 0.836. The van der Waals surface area contributed by atoms with Crippen molar-refractivity contribution in [3.8, 4) is 5.75 Å². The van der Waals surface area contributed by atoms with E-state index >= 15 is 0 Å². The summed E-state index contributed by atoms with van der Waals surface area (Å²) in [5.41, 5.74) is 7.93. The lowest BCUT2D eigenvalue weighted by molar-refractivity contribution is 0.0952. The summed E-state index contributed by atoms with van der Waals surface area (Å²) >= 11 is 0. The molecule has 1 saturated heterocycles. The van der Waals surface area contributed by atoms with Crippen molar-refractivity contribution < 1.29 is 4.74 Å². The lowest BCUT2D eigenvalue weighted by Crippen LogP contribution is -2.42. The fourth-order valence-electron chi connectivity index (χ4n) is 2.89. The van der Waals surface area contributed by atoms with Gasteiger partial charge in [0.05, 0.1) is 7.11 Å². The molecule has 0 spiro atoms. The van der Waals surface area contributed by atoms with Crippen molar-refractivity contribution in [2.45, 2.75) is 51.7 Å². The highest BCUT2D eigenvalue weighted by Crippen LogP contribution is 2.26. The topological polar surface area (TPSA) is 38.5 Å². The van der Waals surface area contributed by atoms with E-state index in [0.717, 1.165) is 18.0 Å². The van der Waals surface area contributed by atoms with E-state index < -0.39 is 0 Å². The number of benzene rings is 1. The zero-order valence-corrected chi connectivity index (χ0v) is 11.6. The minimum atomic E-state index is 0.654. The van der Waals surface area contributed by atoms with E-state index in [2.05, 4.69) is 30.9 Å². The summed E-state index contributed by atoms with van der Waals surface area (Å²) in [6.45, 7) is 5.60. The lowest BCUT2D eigenvalue weighted by atomic mass is 9.96. The molecular weight excluding hydrogens is 224 g/mol. The molecule has 0 bridgehead atoms. The summed E-state index contributed by atoms with van der Waals surface area (Å²) < 4.78 is 5.28. The number of piperidine rings is 1. The Morgan fingerprint density at radius 1 is 1.22 bits per heavy atom. The van der Waals surface area contributed by atoms with Gasteiger partial charge in [-0.2, -0.15) is 0 Å². The average molecular weight is 248 g/mol. The van der Waals surface area contributed by atoms with E-state index in [9.17, 15) is 0 Å². The molecule has 2 rings (SSSR count). The summed E-state index contributed by atoms with van der Waals surface area (Å²) in [6, 6.07) is 7.32. The van der Waals surface area contributed by atoms with Crippen LogP contribution in [0.1, 0.15) is 38.7 Å². The van der Waals surface area contributed by atoms with Crippen LogP contribution in [-0.4, -0.2) is 24.1 Å². The third-order valence-electron chi connectivity index (χ3n) is 3.97. The molecule has 18 heavy (non-hydrogen) atoms. The summed E-state index contributed by atoms with van der Waals surface area (Å²) in [6.07, 6.45) is 3.94. The number of hydrogen-bond donors (Lipinski definition) is 1. The maximum atomic E-state index is 5.91. The highest BCUT2D eigenvalue weighted by Gasteiger charge is 2.24.